The summed E-state index contributed by atoms with van der Waals surface area (Å²) in [6.45, 7) is 2.90. The number of methoxy groups -OCH3 is 2. The summed E-state index contributed by atoms with van der Waals surface area (Å²) in [6.07, 6.45) is 0.966. The fourth-order valence-corrected chi connectivity index (χ4v) is 4.00. The van der Waals surface area contributed by atoms with Crippen LogP contribution in [0.25, 0.3) is 0 Å². The summed E-state index contributed by atoms with van der Waals surface area (Å²) in [5.41, 5.74) is 6.84. The third-order valence-corrected chi connectivity index (χ3v) is 5.43. The molecule has 1 saturated heterocycles. The molecule has 142 valence electrons. The summed E-state index contributed by atoms with van der Waals surface area (Å²) in [7, 11) is 3.09. The van der Waals surface area contributed by atoms with Crippen molar-refractivity contribution in [3.05, 3.63) is 53.6 Å². The molecule has 0 spiro atoms. The molecule has 0 saturated carbocycles. The highest BCUT2D eigenvalue weighted by Gasteiger charge is 2.37. The average Bonchev–Trinajstić information content (AvgIpc) is 3.12. The van der Waals surface area contributed by atoms with E-state index in [2.05, 4.69) is 39.7 Å². The summed E-state index contributed by atoms with van der Waals surface area (Å²) < 4.78 is 10.6. The van der Waals surface area contributed by atoms with Gasteiger partial charge in [-0.05, 0) is 23.3 Å². The number of nitrogens with zero attached hydrogens (tertiary/aromatic N) is 2. The zero-order valence-corrected chi connectivity index (χ0v) is 15.7. The van der Waals surface area contributed by atoms with Crippen LogP contribution in [-0.2, 0) is 6.54 Å². The van der Waals surface area contributed by atoms with Crippen molar-refractivity contribution >= 4 is 5.71 Å². The molecule has 6 nitrogen and oxygen atoms in total. The molecule has 0 aliphatic carbocycles. The number of phenolic OH excluding ortho intramolecular Hbond substituents is 1. The highest BCUT2D eigenvalue weighted by atomic mass is 16.5. The Balaban J connectivity index is 1.55. The Bertz CT molecular complexity index is 813. The van der Waals surface area contributed by atoms with Crippen molar-refractivity contribution < 1.29 is 14.6 Å². The van der Waals surface area contributed by atoms with Gasteiger partial charge < -0.3 is 20.0 Å². The quantitative estimate of drug-likeness (QED) is 0.851. The van der Waals surface area contributed by atoms with Crippen LogP contribution in [-0.4, -0.2) is 43.0 Å². The van der Waals surface area contributed by atoms with E-state index >= 15 is 0 Å². The number of aromatic hydroxyl groups is 1. The average molecular weight is 367 g/mol. The third-order valence-electron chi connectivity index (χ3n) is 5.43. The lowest BCUT2D eigenvalue weighted by Gasteiger charge is -2.33. The maximum atomic E-state index is 10.2. The molecular formula is C21H25N3O3. The van der Waals surface area contributed by atoms with Crippen LogP contribution in [0.5, 0.6) is 17.2 Å². The second kappa shape index (κ2) is 7.48. The van der Waals surface area contributed by atoms with Crippen molar-refractivity contribution in [2.45, 2.75) is 19.0 Å². The van der Waals surface area contributed by atoms with E-state index in [0.717, 1.165) is 31.6 Å². The summed E-state index contributed by atoms with van der Waals surface area (Å²) >= 11 is 0. The van der Waals surface area contributed by atoms with Gasteiger partial charge in [-0.1, -0.05) is 30.3 Å². The van der Waals surface area contributed by atoms with Crippen molar-refractivity contribution in [3.8, 4) is 17.2 Å². The second-order valence-corrected chi connectivity index (χ2v) is 7.06. The highest BCUT2D eigenvalue weighted by molar-refractivity contribution is 5.90. The molecule has 4 rings (SSSR count). The number of likely N-dealkylation sites (tertiary alicyclic amines) is 1. The van der Waals surface area contributed by atoms with Gasteiger partial charge in [0.2, 0.25) is 5.75 Å². The number of piperidine rings is 1. The Kier molecular flexibility index (Phi) is 4.90. The number of fused-ring (bicyclic) bond motifs is 1. The van der Waals surface area contributed by atoms with Gasteiger partial charge in [0.05, 0.1) is 20.3 Å². The fraction of sp³-hybridized carbons (Fsp3) is 0.381. The normalized spacial score (nSPS) is 21.9. The standard InChI is InChI=1S/C21H25N3O3/c1-26-18-10-15(11-19(27-2)21(18)25)20-16-13-24(9-8-17(16)22-23-20)12-14-6-4-3-5-7-14/h3-7,10-11,16,20,23,25H,8-9,12-13H2,1-2H3. The molecule has 2 unspecified atom stereocenters. The zero-order valence-electron chi connectivity index (χ0n) is 15.7. The van der Waals surface area contributed by atoms with Gasteiger partial charge in [0.15, 0.2) is 11.5 Å². The number of nitrogens with one attached hydrogen (secondary N) is 1. The summed E-state index contributed by atoms with van der Waals surface area (Å²) in [6, 6.07) is 14.3. The van der Waals surface area contributed by atoms with Crippen molar-refractivity contribution in [2.75, 3.05) is 27.3 Å². The van der Waals surface area contributed by atoms with Gasteiger partial charge in [-0.25, -0.2) is 0 Å². The van der Waals surface area contributed by atoms with Crippen molar-refractivity contribution in [2.24, 2.45) is 11.0 Å². The summed E-state index contributed by atoms with van der Waals surface area (Å²) in [4.78, 5) is 2.48. The largest absolute Gasteiger partial charge is 0.502 e. The maximum absolute atomic E-state index is 10.2. The minimum atomic E-state index is 0.0252. The summed E-state index contributed by atoms with van der Waals surface area (Å²) in [5, 5.41) is 14.8. The van der Waals surface area contributed by atoms with Crippen LogP contribution in [0.3, 0.4) is 0 Å². The van der Waals surface area contributed by atoms with Crippen LogP contribution < -0.4 is 14.9 Å². The highest BCUT2D eigenvalue weighted by Crippen LogP contribution is 2.42. The molecule has 2 aromatic rings. The van der Waals surface area contributed by atoms with E-state index in [4.69, 9.17) is 9.47 Å². The minimum absolute atomic E-state index is 0.0252. The number of hydrazone groups is 1. The zero-order chi connectivity index (χ0) is 18.8. The van der Waals surface area contributed by atoms with E-state index in [9.17, 15) is 5.11 Å². The van der Waals surface area contributed by atoms with Crippen LogP contribution in [0.1, 0.15) is 23.6 Å². The monoisotopic (exact) mass is 367 g/mol. The van der Waals surface area contributed by atoms with E-state index in [-0.39, 0.29) is 11.8 Å². The smallest absolute Gasteiger partial charge is 0.200 e. The number of benzene rings is 2. The van der Waals surface area contributed by atoms with Gasteiger partial charge in [-0.2, -0.15) is 5.10 Å². The van der Waals surface area contributed by atoms with Gasteiger partial charge in [0.25, 0.3) is 0 Å². The lowest BCUT2D eigenvalue weighted by atomic mass is 9.86. The topological polar surface area (TPSA) is 66.3 Å². The Morgan fingerprint density at radius 2 is 1.85 bits per heavy atom. The van der Waals surface area contributed by atoms with E-state index in [1.165, 1.54) is 11.3 Å². The van der Waals surface area contributed by atoms with E-state index in [0.29, 0.717) is 17.4 Å². The van der Waals surface area contributed by atoms with E-state index < -0.39 is 0 Å². The molecule has 2 atom stereocenters. The number of ether oxygens (including phenoxy) is 2. The van der Waals surface area contributed by atoms with Gasteiger partial charge in [0.1, 0.15) is 0 Å². The van der Waals surface area contributed by atoms with Crippen LogP contribution in [0.4, 0.5) is 0 Å². The Hall–Kier alpha value is -2.73. The van der Waals surface area contributed by atoms with Gasteiger partial charge >= 0.3 is 0 Å². The minimum Gasteiger partial charge on any atom is -0.502 e. The third kappa shape index (κ3) is 3.45. The Morgan fingerprint density at radius 3 is 2.52 bits per heavy atom. The van der Waals surface area contributed by atoms with E-state index in [1.807, 2.05) is 18.2 Å². The fourth-order valence-electron chi connectivity index (χ4n) is 4.00. The predicted octanol–water partition coefficient (Wildman–Crippen LogP) is 2.93. The van der Waals surface area contributed by atoms with Gasteiger partial charge in [0, 0.05) is 37.7 Å². The van der Waals surface area contributed by atoms with Crippen LogP contribution in [0, 0.1) is 5.92 Å². The maximum Gasteiger partial charge on any atom is 0.200 e. The Labute approximate surface area is 159 Å². The molecular weight excluding hydrogens is 342 g/mol. The molecule has 27 heavy (non-hydrogen) atoms. The molecule has 2 aliphatic rings. The number of rotatable bonds is 5. The first-order chi connectivity index (χ1) is 13.2. The van der Waals surface area contributed by atoms with Crippen LogP contribution in [0.2, 0.25) is 0 Å². The molecule has 0 bridgehead atoms. The molecule has 0 aromatic heterocycles. The molecule has 2 aliphatic heterocycles. The number of phenols is 1. The van der Waals surface area contributed by atoms with E-state index in [1.54, 1.807) is 14.2 Å². The number of hydrogen-bond acceptors (Lipinski definition) is 6. The lowest BCUT2D eigenvalue weighted by molar-refractivity contribution is 0.220. The lowest BCUT2D eigenvalue weighted by Crippen LogP contribution is -2.41. The van der Waals surface area contributed by atoms with Crippen LogP contribution in [0.15, 0.2) is 47.6 Å². The predicted molar refractivity (Wildman–Crippen MR) is 104 cm³/mol. The first-order valence-corrected chi connectivity index (χ1v) is 9.22. The molecule has 2 heterocycles. The number of hydrogen-bond donors (Lipinski definition) is 2. The van der Waals surface area contributed by atoms with Gasteiger partial charge in [-0.15, -0.1) is 0 Å². The molecule has 0 radical (unpaired) electrons. The van der Waals surface area contributed by atoms with Crippen molar-refractivity contribution in [1.29, 1.82) is 0 Å². The van der Waals surface area contributed by atoms with Crippen LogP contribution >= 0.6 is 0 Å². The second-order valence-electron chi connectivity index (χ2n) is 7.06. The summed E-state index contributed by atoms with van der Waals surface area (Å²) in [5.74, 6) is 1.15. The first-order valence-electron chi connectivity index (χ1n) is 9.22. The molecule has 6 heteroatoms. The SMILES string of the molecule is COc1cc(C2NN=C3CCN(Cc4ccccc4)CC32)cc(OC)c1O. The van der Waals surface area contributed by atoms with Crippen molar-refractivity contribution in [3.63, 3.8) is 0 Å². The van der Waals surface area contributed by atoms with Gasteiger partial charge in [-0.3, -0.25) is 4.90 Å². The molecule has 2 aromatic carbocycles. The van der Waals surface area contributed by atoms with Crippen molar-refractivity contribution in [1.82, 2.24) is 10.3 Å². The first kappa shape index (κ1) is 17.7. The Morgan fingerprint density at radius 1 is 1.15 bits per heavy atom. The molecule has 0 amide bonds. The molecule has 2 N–H and O–H groups in total. The molecule has 1 fully saturated rings.